The van der Waals surface area contributed by atoms with Crippen LogP contribution >= 0.6 is 23.1 Å². The van der Waals surface area contributed by atoms with Crippen molar-refractivity contribution in [1.29, 1.82) is 0 Å². The molecule has 0 radical (unpaired) electrons. The lowest BCUT2D eigenvalue weighted by atomic mass is 9.95. The third-order valence-electron chi connectivity index (χ3n) is 7.07. The molecule has 10 nitrogen and oxygen atoms in total. The van der Waals surface area contributed by atoms with Gasteiger partial charge in [0.1, 0.15) is 10.8 Å². The van der Waals surface area contributed by atoms with Crippen LogP contribution in [0.1, 0.15) is 58.9 Å². The van der Waals surface area contributed by atoms with Crippen LogP contribution in [0.5, 0.6) is 5.75 Å². The molecule has 1 atom stereocenters. The van der Waals surface area contributed by atoms with Crippen LogP contribution in [0.2, 0.25) is 0 Å². The van der Waals surface area contributed by atoms with E-state index < -0.39 is 11.2 Å². The number of anilines is 1. The molecule has 0 aliphatic heterocycles. The molecule has 2 aromatic carbocycles. The Balaban J connectivity index is 1.28. The molecule has 0 fully saturated rings. The van der Waals surface area contributed by atoms with E-state index in [4.69, 9.17) is 9.47 Å². The molecule has 0 spiro atoms. The average molecular weight is 634 g/mol. The van der Waals surface area contributed by atoms with Gasteiger partial charge in [0.05, 0.1) is 30.5 Å². The second-order valence-corrected chi connectivity index (χ2v) is 12.6. The number of aryl methyl sites for hydroxylation is 1. The second-order valence-electron chi connectivity index (χ2n) is 10.2. The van der Waals surface area contributed by atoms with Crippen molar-refractivity contribution in [3.63, 3.8) is 0 Å². The molecule has 1 aliphatic rings. The highest BCUT2D eigenvalue weighted by Gasteiger charge is 2.29. The quantitative estimate of drug-likeness (QED) is 0.151. The van der Waals surface area contributed by atoms with E-state index in [-0.39, 0.29) is 31.6 Å². The highest BCUT2D eigenvalue weighted by molar-refractivity contribution is 8.00. The summed E-state index contributed by atoms with van der Waals surface area (Å²) < 4.78 is 12.8. The van der Waals surface area contributed by atoms with E-state index in [0.29, 0.717) is 33.8 Å². The van der Waals surface area contributed by atoms with Crippen LogP contribution < -0.4 is 15.4 Å². The van der Waals surface area contributed by atoms with Crippen molar-refractivity contribution < 1.29 is 23.9 Å². The maximum Gasteiger partial charge on any atom is 0.341 e. The van der Waals surface area contributed by atoms with Gasteiger partial charge in [-0.15, -0.1) is 21.5 Å². The minimum atomic E-state index is -0.551. The van der Waals surface area contributed by atoms with Crippen molar-refractivity contribution in [3.8, 4) is 5.75 Å². The molecule has 0 unspecified atom stereocenters. The Bertz CT molecular complexity index is 1590. The summed E-state index contributed by atoms with van der Waals surface area (Å²) in [6, 6.07) is 19.0. The van der Waals surface area contributed by atoms with Gasteiger partial charge in [-0.05, 0) is 62.8 Å². The summed E-state index contributed by atoms with van der Waals surface area (Å²) >= 11 is 2.73. The fourth-order valence-electron chi connectivity index (χ4n) is 4.85. The Morgan fingerprint density at radius 3 is 2.50 bits per heavy atom. The molecule has 44 heavy (non-hydrogen) atoms. The molecule has 2 N–H and O–H groups in total. The molecule has 2 amide bonds. The summed E-state index contributed by atoms with van der Waals surface area (Å²) in [5.74, 6) is 0.221. The second kappa shape index (κ2) is 15.0. The number of aromatic nitrogens is 3. The number of esters is 1. The Hall–Kier alpha value is -4.16. The number of thiophene rings is 1. The Morgan fingerprint density at radius 2 is 1.75 bits per heavy atom. The summed E-state index contributed by atoms with van der Waals surface area (Å²) in [6.07, 6.45) is 3.78. The topological polar surface area (TPSA) is 124 Å². The predicted molar refractivity (Wildman–Crippen MR) is 170 cm³/mol. The van der Waals surface area contributed by atoms with Gasteiger partial charge in [0.2, 0.25) is 5.91 Å². The number of hydrogen-bond donors (Lipinski definition) is 2. The Kier molecular flexibility index (Phi) is 10.7. The number of nitrogens with one attached hydrogen (secondary N) is 2. The first kappa shape index (κ1) is 31.3. The van der Waals surface area contributed by atoms with Crippen molar-refractivity contribution in [2.75, 3.05) is 18.5 Å². The zero-order chi connectivity index (χ0) is 30.9. The first-order valence-electron chi connectivity index (χ1n) is 14.6. The largest absolute Gasteiger partial charge is 0.484 e. The van der Waals surface area contributed by atoms with E-state index in [1.54, 1.807) is 26.0 Å². The van der Waals surface area contributed by atoms with Crippen LogP contribution in [-0.2, 0) is 40.3 Å². The van der Waals surface area contributed by atoms with E-state index in [1.165, 1.54) is 23.1 Å². The molecular weight excluding hydrogens is 599 g/mol. The van der Waals surface area contributed by atoms with Crippen LogP contribution in [-0.4, -0.2) is 51.0 Å². The van der Waals surface area contributed by atoms with Gasteiger partial charge in [-0.2, -0.15) is 0 Å². The maximum absolute atomic E-state index is 13.4. The van der Waals surface area contributed by atoms with Gasteiger partial charge in [0.25, 0.3) is 5.91 Å². The number of ether oxygens (including phenoxy) is 2. The highest BCUT2D eigenvalue weighted by atomic mass is 32.2. The van der Waals surface area contributed by atoms with E-state index in [9.17, 15) is 14.4 Å². The smallest absolute Gasteiger partial charge is 0.341 e. The van der Waals surface area contributed by atoms with Crippen LogP contribution in [0.4, 0.5) is 5.00 Å². The van der Waals surface area contributed by atoms with Gasteiger partial charge in [-0.25, -0.2) is 4.79 Å². The first-order valence-corrected chi connectivity index (χ1v) is 16.3. The van der Waals surface area contributed by atoms with Gasteiger partial charge >= 0.3 is 5.97 Å². The molecule has 12 heteroatoms. The molecule has 0 bridgehead atoms. The number of carbonyl (C=O) groups is 3. The van der Waals surface area contributed by atoms with Crippen molar-refractivity contribution >= 4 is 45.9 Å². The van der Waals surface area contributed by atoms with Gasteiger partial charge in [0, 0.05) is 4.88 Å². The summed E-state index contributed by atoms with van der Waals surface area (Å²) in [7, 11) is 0. The normalized spacial score (nSPS) is 13.0. The SMILES string of the molecule is CCOC(=O)c1c(NC(=O)[C@@H](C)Sc2nnc(CNC(=O)COc3ccccc3)n2Cc2ccccc2)sc2c1CCCC2. The van der Waals surface area contributed by atoms with Crippen molar-refractivity contribution in [2.24, 2.45) is 0 Å². The fourth-order valence-corrected chi connectivity index (χ4v) is 7.00. The fraction of sp³-hybridized carbons (Fsp3) is 0.344. The van der Waals surface area contributed by atoms with E-state index in [0.717, 1.165) is 41.7 Å². The molecule has 0 saturated carbocycles. The third kappa shape index (κ3) is 7.86. The van der Waals surface area contributed by atoms with Gasteiger partial charge < -0.3 is 24.7 Å². The van der Waals surface area contributed by atoms with Gasteiger partial charge in [-0.1, -0.05) is 60.3 Å². The number of amides is 2. The number of thioether (sulfide) groups is 1. The number of nitrogens with zero attached hydrogens (tertiary/aromatic N) is 3. The van der Waals surface area contributed by atoms with E-state index >= 15 is 0 Å². The zero-order valence-corrected chi connectivity index (χ0v) is 26.3. The van der Waals surface area contributed by atoms with Crippen LogP contribution in [0, 0.1) is 0 Å². The summed E-state index contributed by atoms with van der Waals surface area (Å²) in [6.45, 7) is 4.31. The van der Waals surface area contributed by atoms with Crippen LogP contribution in [0.15, 0.2) is 65.8 Å². The summed E-state index contributed by atoms with van der Waals surface area (Å²) in [5, 5.41) is 15.1. The molecule has 230 valence electrons. The monoisotopic (exact) mass is 633 g/mol. The molecule has 2 aromatic heterocycles. The lowest BCUT2D eigenvalue weighted by Crippen LogP contribution is -2.29. The molecule has 5 rings (SSSR count). The van der Waals surface area contributed by atoms with Gasteiger partial charge in [0.15, 0.2) is 17.6 Å². The van der Waals surface area contributed by atoms with Crippen molar-refractivity contribution in [3.05, 3.63) is 88.1 Å². The summed E-state index contributed by atoms with van der Waals surface area (Å²) in [5.41, 5.74) is 2.51. The lowest BCUT2D eigenvalue weighted by Gasteiger charge is -2.15. The number of hydrogen-bond acceptors (Lipinski definition) is 9. The van der Waals surface area contributed by atoms with Crippen molar-refractivity contribution in [2.45, 2.75) is 63.0 Å². The number of rotatable bonds is 13. The lowest BCUT2D eigenvalue weighted by molar-refractivity contribution is -0.123. The van der Waals surface area contributed by atoms with E-state index in [1.807, 2.05) is 53.1 Å². The number of para-hydroxylation sites is 1. The third-order valence-corrected chi connectivity index (χ3v) is 9.36. The predicted octanol–water partition coefficient (Wildman–Crippen LogP) is 5.26. The minimum absolute atomic E-state index is 0.129. The summed E-state index contributed by atoms with van der Waals surface area (Å²) in [4.78, 5) is 39.9. The first-order chi connectivity index (χ1) is 21.4. The number of benzene rings is 2. The Labute approximate surface area is 264 Å². The highest BCUT2D eigenvalue weighted by Crippen LogP contribution is 2.39. The standard InChI is InChI=1S/C32H35N5O5S2/c1-3-41-31(40)28-24-16-10-11-17-25(24)44-30(28)34-29(39)21(2)43-32-36-35-26(37(32)19-22-12-6-4-7-13-22)18-33-27(38)20-42-23-14-8-5-9-15-23/h4-9,12-15,21H,3,10-11,16-20H2,1-2H3,(H,33,38)(H,34,39)/t21-/m1/s1. The molecular formula is C32H35N5O5S2. The minimum Gasteiger partial charge on any atom is -0.484 e. The molecule has 1 aliphatic carbocycles. The maximum atomic E-state index is 13.4. The molecule has 2 heterocycles. The van der Waals surface area contributed by atoms with Gasteiger partial charge in [-0.3, -0.25) is 9.59 Å². The number of fused-ring (bicyclic) bond motifs is 1. The number of carbonyl (C=O) groups excluding carboxylic acids is 3. The Morgan fingerprint density at radius 1 is 1.02 bits per heavy atom. The molecule has 4 aromatic rings. The van der Waals surface area contributed by atoms with Crippen molar-refractivity contribution in [1.82, 2.24) is 20.1 Å². The average Bonchev–Trinajstić information content (AvgIpc) is 3.60. The van der Waals surface area contributed by atoms with Crippen LogP contribution in [0.3, 0.4) is 0 Å². The van der Waals surface area contributed by atoms with E-state index in [2.05, 4.69) is 20.8 Å². The molecule has 0 saturated heterocycles. The van der Waals surface area contributed by atoms with Crippen LogP contribution in [0.25, 0.3) is 0 Å². The zero-order valence-electron chi connectivity index (χ0n) is 24.7.